The Labute approximate surface area is 196 Å². The second kappa shape index (κ2) is 14.8. The molecule has 3 rings (SSSR count). The van der Waals surface area contributed by atoms with Gasteiger partial charge < -0.3 is 0 Å². The number of unbranched alkanes of at least 4 members (excludes halogenated alkanes) is 13. The van der Waals surface area contributed by atoms with Gasteiger partial charge in [0.1, 0.15) is 0 Å². The minimum absolute atomic E-state index is 1.08. The maximum atomic E-state index is 4.92. The summed E-state index contributed by atoms with van der Waals surface area (Å²) in [6, 6.07) is 21.6. The van der Waals surface area contributed by atoms with Crippen LogP contribution in [0, 0.1) is 0 Å². The monoisotopic (exact) mass is 429 g/mol. The van der Waals surface area contributed by atoms with Crippen LogP contribution in [-0.2, 0) is 6.42 Å². The van der Waals surface area contributed by atoms with E-state index in [1.165, 1.54) is 106 Å². The van der Waals surface area contributed by atoms with E-state index in [1.807, 2.05) is 0 Å². The average molecular weight is 430 g/mol. The summed E-state index contributed by atoms with van der Waals surface area (Å²) in [5, 5.41) is 1.21. The Balaban J connectivity index is 1.31. The van der Waals surface area contributed by atoms with E-state index in [1.54, 1.807) is 0 Å². The van der Waals surface area contributed by atoms with Crippen molar-refractivity contribution in [3.8, 4) is 11.3 Å². The second-order valence-electron chi connectivity index (χ2n) is 9.39. The van der Waals surface area contributed by atoms with Crippen molar-refractivity contribution < 1.29 is 0 Å². The molecule has 0 N–H and O–H groups in total. The van der Waals surface area contributed by atoms with Crippen LogP contribution in [0.1, 0.15) is 102 Å². The lowest BCUT2D eigenvalue weighted by atomic mass is 9.97. The first-order valence-corrected chi connectivity index (χ1v) is 13.3. The zero-order valence-electron chi connectivity index (χ0n) is 20.3. The number of fused-ring (bicyclic) bond motifs is 1. The highest BCUT2D eigenvalue weighted by molar-refractivity contribution is 5.81. The van der Waals surface area contributed by atoms with Gasteiger partial charge >= 0.3 is 0 Å². The predicted molar refractivity (Wildman–Crippen MR) is 141 cm³/mol. The number of rotatable bonds is 16. The van der Waals surface area contributed by atoms with Gasteiger partial charge in [0.05, 0.1) is 11.2 Å². The maximum absolute atomic E-state index is 4.92. The molecule has 0 aliphatic heterocycles. The first-order chi connectivity index (χ1) is 15.9. The van der Waals surface area contributed by atoms with E-state index in [2.05, 4.69) is 67.6 Å². The molecule has 0 bridgehead atoms. The molecule has 0 atom stereocenters. The summed E-state index contributed by atoms with van der Waals surface area (Å²) in [6.07, 6.45) is 20.9. The first-order valence-electron chi connectivity index (χ1n) is 13.3. The van der Waals surface area contributed by atoms with Crippen molar-refractivity contribution in [1.82, 2.24) is 4.98 Å². The molecule has 0 saturated heterocycles. The molecule has 172 valence electrons. The Bertz CT molecular complexity index is 898. The number of aryl methyl sites for hydroxylation is 1. The third kappa shape index (κ3) is 8.41. The summed E-state index contributed by atoms with van der Waals surface area (Å²) in [5.74, 6) is 0. The van der Waals surface area contributed by atoms with Crippen molar-refractivity contribution in [2.45, 2.75) is 103 Å². The molecule has 0 spiro atoms. The van der Waals surface area contributed by atoms with Gasteiger partial charge in [0.25, 0.3) is 0 Å². The maximum Gasteiger partial charge on any atom is 0.0712 e. The zero-order chi connectivity index (χ0) is 22.3. The Hall–Kier alpha value is -2.15. The predicted octanol–water partition coefficient (Wildman–Crippen LogP) is 9.93. The van der Waals surface area contributed by atoms with Gasteiger partial charge in [-0.05, 0) is 30.5 Å². The minimum atomic E-state index is 1.08. The number of para-hydroxylation sites is 1. The molecule has 0 aliphatic carbocycles. The van der Waals surface area contributed by atoms with E-state index in [-0.39, 0.29) is 0 Å². The number of pyridine rings is 1. The van der Waals surface area contributed by atoms with Crippen LogP contribution in [0.3, 0.4) is 0 Å². The summed E-state index contributed by atoms with van der Waals surface area (Å²) in [4.78, 5) is 4.92. The number of nitrogens with zero attached hydrogens (tertiary/aromatic N) is 1. The van der Waals surface area contributed by atoms with Crippen LogP contribution in [0.2, 0.25) is 0 Å². The van der Waals surface area contributed by atoms with Crippen molar-refractivity contribution >= 4 is 10.9 Å². The molecule has 0 fully saturated rings. The molecule has 1 nitrogen and oxygen atoms in total. The van der Waals surface area contributed by atoms with Crippen molar-refractivity contribution in [1.29, 1.82) is 0 Å². The van der Waals surface area contributed by atoms with Crippen molar-refractivity contribution in [3.63, 3.8) is 0 Å². The largest absolute Gasteiger partial charge is 0.248 e. The van der Waals surface area contributed by atoms with E-state index in [0.717, 1.165) is 17.6 Å². The van der Waals surface area contributed by atoms with Crippen molar-refractivity contribution in [3.05, 3.63) is 66.2 Å². The second-order valence-corrected chi connectivity index (χ2v) is 9.39. The van der Waals surface area contributed by atoms with Gasteiger partial charge in [0, 0.05) is 10.9 Å². The lowest BCUT2D eigenvalue weighted by Crippen LogP contribution is -1.93. The standard InChI is InChI=1S/C31H43N/c1-2-3-4-5-6-7-8-9-10-11-12-13-14-15-20-27-21-16-18-23-29(27)31-26-25-28-22-17-19-24-30(28)32-31/h16-19,21-26H,2-15,20H2,1H3. The molecule has 1 aromatic heterocycles. The zero-order valence-corrected chi connectivity index (χ0v) is 20.3. The lowest BCUT2D eigenvalue weighted by Gasteiger charge is -2.10. The van der Waals surface area contributed by atoms with Gasteiger partial charge in [-0.15, -0.1) is 0 Å². The number of aromatic nitrogens is 1. The van der Waals surface area contributed by atoms with E-state index in [9.17, 15) is 0 Å². The summed E-state index contributed by atoms with van der Waals surface area (Å²) >= 11 is 0. The number of hydrogen-bond acceptors (Lipinski definition) is 1. The molecule has 0 aliphatic rings. The SMILES string of the molecule is CCCCCCCCCCCCCCCCc1ccccc1-c1ccc2ccccc2n1. The topological polar surface area (TPSA) is 12.9 Å². The van der Waals surface area contributed by atoms with Crippen LogP contribution in [0.15, 0.2) is 60.7 Å². The molecule has 2 aromatic carbocycles. The highest BCUT2D eigenvalue weighted by Gasteiger charge is 2.07. The molecule has 0 amide bonds. The van der Waals surface area contributed by atoms with Crippen LogP contribution >= 0.6 is 0 Å². The van der Waals surface area contributed by atoms with Gasteiger partial charge in [0.15, 0.2) is 0 Å². The fourth-order valence-electron chi connectivity index (χ4n) is 4.71. The molecule has 0 unspecified atom stereocenters. The molecule has 1 heteroatoms. The van der Waals surface area contributed by atoms with Crippen LogP contribution in [0.25, 0.3) is 22.2 Å². The molecular formula is C31H43N. The van der Waals surface area contributed by atoms with Gasteiger partial charge in [-0.1, -0.05) is 139 Å². The first kappa shape index (κ1) is 24.5. The quantitative estimate of drug-likeness (QED) is 0.206. The summed E-state index contributed by atoms with van der Waals surface area (Å²) in [5.41, 5.74) is 4.92. The molecule has 1 heterocycles. The van der Waals surface area contributed by atoms with Gasteiger partial charge in [-0.3, -0.25) is 0 Å². The molecule has 3 aromatic rings. The van der Waals surface area contributed by atoms with E-state index < -0.39 is 0 Å². The third-order valence-corrected chi connectivity index (χ3v) is 6.69. The highest BCUT2D eigenvalue weighted by Crippen LogP contribution is 2.26. The van der Waals surface area contributed by atoms with E-state index in [4.69, 9.17) is 4.98 Å². The Morgan fingerprint density at radius 1 is 0.531 bits per heavy atom. The fourth-order valence-corrected chi connectivity index (χ4v) is 4.71. The lowest BCUT2D eigenvalue weighted by molar-refractivity contribution is 0.535. The van der Waals surface area contributed by atoms with Crippen LogP contribution in [-0.4, -0.2) is 4.98 Å². The normalized spacial score (nSPS) is 11.3. The smallest absolute Gasteiger partial charge is 0.0712 e. The summed E-state index contributed by atoms with van der Waals surface area (Å²) < 4.78 is 0. The fraction of sp³-hybridized carbons (Fsp3) is 0.516. The van der Waals surface area contributed by atoms with E-state index in [0.29, 0.717) is 0 Å². The minimum Gasteiger partial charge on any atom is -0.248 e. The Morgan fingerprint density at radius 3 is 1.78 bits per heavy atom. The molecule has 0 radical (unpaired) electrons. The molecular weight excluding hydrogens is 386 g/mol. The van der Waals surface area contributed by atoms with Crippen LogP contribution < -0.4 is 0 Å². The number of hydrogen-bond donors (Lipinski definition) is 0. The number of benzene rings is 2. The summed E-state index contributed by atoms with van der Waals surface area (Å²) in [6.45, 7) is 2.29. The molecule has 0 saturated carbocycles. The van der Waals surface area contributed by atoms with Crippen molar-refractivity contribution in [2.75, 3.05) is 0 Å². The molecule has 32 heavy (non-hydrogen) atoms. The Morgan fingerprint density at radius 2 is 1.09 bits per heavy atom. The average Bonchev–Trinajstić information content (AvgIpc) is 2.84. The van der Waals surface area contributed by atoms with Crippen molar-refractivity contribution in [2.24, 2.45) is 0 Å². The highest BCUT2D eigenvalue weighted by atomic mass is 14.7. The van der Waals surface area contributed by atoms with Gasteiger partial charge in [-0.2, -0.15) is 0 Å². The van der Waals surface area contributed by atoms with Crippen LogP contribution in [0.5, 0.6) is 0 Å². The van der Waals surface area contributed by atoms with Gasteiger partial charge in [0.2, 0.25) is 0 Å². The summed E-state index contributed by atoms with van der Waals surface area (Å²) in [7, 11) is 0. The Kier molecular flexibility index (Phi) is 11.3. The van der Waals surface area contributed by atoms with E-state index >= 15 is 0 Å². The third-order valence-electron chi connectivity index (χ3n) is 6.69. The van der Waals surface area contributed by atoms with Crippen LogP contribution in [0.4, 0.5) is 0 Å². The van der Waals surface area contributed by atoms with Gasteiger partial charge in [-0.25, -0.2) is 4.98 Å².